The fourth-order valence-corrected chi connectivity index (χ4v) is 3.51. The van der Waals surface area contributed by atoms with Gasteiger partial charge in [0.25, 0.3) is 0 Å². The fourth-order valence-electron chi connectivity index (χ4n) is 3.51. The quantitative estimate of drug-likeness (QED) is 0.598. The molecule has 1 aliphatic carbocycles. The summed E-state index contributed by atoms with van der Waals surface area (Å²) in [6, 6.07) is 10.8. The molecule has 1 heterocycles. The fraction of sp³-hybridized carbons (Fsp3) is 0.476. The number of pyridine rings is 1. The van der Waals surface area contributed by atoms with Crippen LogP contribution in [0.4, 0.5) is 5.82 Å². The van der Waals surface area contributed by atoms with E-state index in [4.69, 9.17) is 15.9 Å². The molecule has 152 valence electrons. The van der Waals surface area contributed by atoms with E-state index in [1.807, 2.05) is 30.3 Å². The van der Waals surface area contributed by atoms with Gasteiger partial charge in [-0.1, -0.05) is 37.5 Å². The molecular weight excluding hydrogens is 358 g/mol. The van der Waals surface area contributed by atoms with E-state index in [-0.39, 0.29) is 11.8 Å². The monoisotopic (exact) mass is 387 g/mol. The van der Waals surface area contributed by atoms with Crippen molar-refractivity contribution in [3.63, 3.8) is 0 Å². The van der Waals surface area contributed by atoms with Crippen LogP contribution in [0.3, 0.4) is 0 Å². The zero-order valence-corrected chi connectivity index (χ0v) is 16.2. The third kappa shape index (κ3) is 6.20. The number of rotatable bonds is 6. The van der Waals surface area contributed by atoms with E-state index in [1.165, 1.54) is 6.42 Å². The van der Waals surface area contributed by atoms with Gasteiger partial charge in [0.2, 0.25) is 0 Å². The summed E-state index contributed by atoms with van der Waals surface area (Å²) in [6.45, 7) is 2.11. The number of nitrogens with two attached hydrogens (primary N) is 1. The van der Waals surface area contributed by atoms with E-state index < -0.39 is 18.0 Å². The van der Waals surface area contributed by atoms with Crippen LogP contribution >= 0.6 is 0 Å². The van der Waals surface area contributed by atoms with Gasteiger partial charge in [-0.15, -0.1) is 0 Å². The van der Waals surface area contributed by atoms with Crippen molar-refractivity contribution in [3.05, 3.63) is 36.4 Å². The Hall–Kier alpha value is -2.67. The number of nitrogens with zero attached hydrogens (tertiary/aromatic N) is 1. The first-order valence-electron chi connectivity index (χ1n) is 9.62. The maximum absolute atomic E-state index is 10.7. The van der Waals surface area contributed by atoms with Gasteiger partial charge >= 0.3 is 11.9 Å². The third-order valence-electron chi connectivity index (χ3n) is 5.21. The predicted octanol–water partition coefficient (Wildman–Crippen LogP) is 3.49. The van der Waals surface area contributed by atoms with Gasteiger partial charge in [0, 0.05) is 5.39 Å². The van der Waals surface area contributed by atoms with Crippen molar-refractivity contribution in [1.82, 2.24) is 4.98 Å². The zero-order valence-electron chi connectivity index (χ0n) is 16.2. The number of aromatic nitrogens is 1. The number of carboxylic acid groups (broad SMARTS) is 2. The van der Waals surface area contributed by atoms with Gasteiger partial charge in [0.1, 0.15) is 11.9 Å². The highest BCUT2D eigenvalue weighted by molar-refractivity contribution is 5.81. The average Bonchev–Trinajstić information content (AvgIpc) is 2.68. The molecule has 0 amide bonds. The Bertz CT molecular complexity index is 803. The van der Waals surface area contributed by atoms with Crippen molar-refractivity contribution in [2.45, 2.75) is 51.5 Å². The molecule has 1 fully saturated rings. The SMILES string of the molecule is C[C@H](Nc1ccc2ccccc2n1)C(=O)O.NCC1(CC(=O)O)CCCCC1. The maximum atomic E-state index is 10.7. The molecule has 2 aromatic rings. The topological polar surface area (TPSA) is 126 Å². The largest absolute Gasteiger partial charge is 0.481 e. The highest BCUT2D eigenvalue weighted by atomic mass is 16.4. The van der Waals surface area contributed by atoms with Crippen molar-refractivity contribution in [1.29, 1.82) is 0 Å². The van der Waals surface area contributed by atoms with E-state index in [1.54, 1.807) is 13.0 Å². The van der Waals surface area contributed by atoms with Crippen LogP contribution in [-0.4, -0.2) is 39.7 Å². The minimum atomic E-state index is -0.894. The maximum Gasteiger partial charge on any atom is 0.325 e. The lowest BCUT2D eigenvalue weighted by atomic mass is 9.72. The van der Waals surface area contributed by atoms with E-state index in [0.717, 1.165) is 36.6 Å². The summed E-state index contributed by atoms with van der Waals surface area (Å²) in [4.78, 5) is 25.6. The Balaban J connectivity index is 0.000000209. The summed E-state index contributed by atoms with van der Waals surface area (Å²) in [6.07, 6.45) is 5.77. The van der Waals surface area contributed by atoms with Gasteiger partial charge in [0.15, 0.2) is 0 Å². The molecule has 0 unspecified atom stereocenters. The molecule has 0 aliphatic heterocycles. The molecular formula is C21H29N3O4. The summed E-state index contributed by atoms with van der Waals surface area (Å²) < 4.78 is 0. The van der Waals surface area contributed by atoms with Gasteiger partial charge in [0.05, 0.1) is 11.9 Å². The lowest BCUT2D eigenvalue weighted by molar-refractivity contribution is -0.140. The number of carbonyl (C=O) groups is 2. The molecule has 3 rings (SSSR count). The Labute approximate surface area is 165 Å². The second-order valence-electron chi connectivity index (χ2n) is 7.43. The number of para-hydroxylation sites is 1. The number of carboxylic acids is 2. The third-order valence-corrected chi connectivity index (χ3v) is 5.21. The normalized spacial score (nSPS) is 16.5. The first kappa shape index (κ1) is 21.6. The molecule has 1 aromatic carbocycles. The average molecular weight is 387 g/mol. The number of hydrogen-bond acceptors (Lipinski definition) is 5. The van der Waals surface area contributed by atoms with Gasteiger partial charge in [-0.2, -0.15) is 0 Å². The highest BCUT2D eigenvalue weighted by Crippen LogP contribution is 2.38. The molecule has 0 saturated heterocycles. The Morgan fingerprint density at radius 2 is 1.82 bits per heavy atom. The lowest BCUT2D eigenvalue weighted by Crippen LogP contribution is -2.34. The van der Waals surface area contributed by atoms with Crippen LogP contribution in [0, 0.1) is 5.41 Å². The van der Waals surface area contributed by atoms with E-state index in [0.29, 0.717) is 12.4 Å². The molecule has 28 heavy (non-hydrogen) atoms. The summed E-state index contributed by atoms with van der Waals surface area (Å²) in [7, 11) is 0. The lowest BCUT2D eigenvalue weighted by Gasteiger charge is -2.34. The second kappa shape index (κ2) is 10.0. The number of benzene rings is 1. The van der Waals surface area contributed by atoms with Crippen LogP contribution in [0.15, 0.2) is 36.4 Å². The first-order chi connectivity index (χ1) is 13.3. The van der Waals surface area contributed by atoms with Gasteiger partial charge < -0.3 is 21.3 Å². The van der Waals surface area contributed by atoms with Crippen LogP contribution in [0.1, 0.15) is 45.4 Å². The molecule has 5 N–H and O–H groups in total. The zero-order chi connectivity index (χ0) is 20.6. The van der Waals surface area contributed by atoms with Crippen LogP contribution < -0.4 is 11.1 Å². The van der Waals surface area contributed by atoms with Crippen molar-refractivity contribution in [2.75, 3.05) is 11.9 Å². The molecule has 7 heteroatoms. The van der Waals surface area contributed by atoms with Gasteiger partial charge in [-0.25, -0.2) is 4.98 Å². The summed E-state index contributed by atoms with van der Waals surface area (Å²) in [5.74, 6) is -1.02. The molecule has 1 aromatic heterocycles. The number of hydrogen-bond donors (Lipinski definition) is 4. The van der Waals surface area contributed by atoms with E-state index in [9.17, 15) is 9.59 Å². The van der Waals surface area contributed by atoms with Crippen molar-refractivity contribution < 1.29 is 19.8 Å². The molecule has 0 radical (unpaired) electrons. The summed E-state index contributed by atoms with van der Waals surface area (Å²) in [5.41, 5.74) is 6.40. The van der Waals surface area contributed by atoms with Gasteiger partial charge in [-0.05, 0) is 49.9 Å². The van der Waals surface area contributed by atoms with Crippen LogP contribution in [0.25, 0.3) is 10.9 Å². The molecule has 0 bridgehead atoms. The minimum Gasteiger partial charge on any atom is -0.481 e. The smallest absolute Gasteiger partial charge is 0.325 e. The summed E-state index contributed by atoms with van der Waals surface area (Å²) in [5, 5.41) is 21.3. The Morgan fingerprint density at radius 1 is 1.14 bits per heavy atom. The highest BCUT2D eigenvalue weighted by Gasteiger charge is 2.32. The minimum absolute atomic E-state index is 0.0793. The van der Waals surface area contributed by atoms with Crippen molar-refractivity contribution in [2.24, 2.45) is 11.1 Å². The molecule has 7 nitrogen and oxygen atoms in total. The predicted molar refractivity (Wildman–Crippen MR) is 109 cm³/mol. The van der Waals surface area contributed by atoms with Crippen LogP contribution in [0.5, 0.6) is 0 Å². The number of nitrogens with one attached hydrogen (secondary N) is 1. The number of anilines is 1. The Morgan fingerprint density at radius 3 is 2.43 bits per heavy atom. The van der Waals surface area contributed by atoms with Crippen molar-refractivity contribution in [3.8, 4) is 0 Å². The van der Waals surface area contributed by atoms with Crippen LogP contribution in [0.2, 0.25) is 0 Å². The standard InChI is InChI=1S/C12H12N2O2.C9H17NO2/c1-8(12(15)16)13-11-7-6-9-4-2-3-5-10(9)14-11;10-7-9(6-8(11)12)4-2-1-3-5-9/h2-8H,1H3,(H,13,14)(H,15,16);1-7,10H2,(H,11,12)/t8-;/m0./s1. The first-order valence-corrected chi connectivity index (χ1v) is 9.62. The Kier molecular flexibility index (Phi) is 7.75. The number of aliphatic carboxylic acids is 2. The molecule has 1 saturated carbocycles. The van der Waals surface area contributed by atoms with Crippen molar-refractivity contribution >= 4 is 28.7 Å². The van der Waals surface area contributed by atoms with E-state index in [2.05, 4.69) is 10.3 Å². The summed E-state index contributed by atoms with van der Waals surface area (Å²) >= 11 is 0. The van der Waals surface area contributed by atoms with Crippen LogP contribution in [-0.2, 0) is 9.59 Å². The molecule has 1 atom stereocenters. The molecule has 1 aliphatic rings. The van der Waals surface area contributed by atoms with Gasteiger partial charge in [-0.3, -0.25) is 9.59 Å². The van der Waals surface area contributed by atoms with E-state index >= 15 is 0 Å². The second-order valence-corrected chi connectivity index (χ2v) is 7.43. The molecule has 0 spiro atoms. The number of fused-ring (bicyclic) bond motifs is 1.